The first-order valence-corrected chi connectivity index (χ1v) is 6.27. The Morgan fingerprint density at radius 1 is 1.44 bits per heavy atom. The van der Waals surface area contributed by atoms with Crippen molar-refractivity contribution < 1.29 is 19.4 Å². The van der Waals surface area contributed by atoms with Crippen LogP contribution < -0.4 is 0 Å². The fraction of sp³-hybridized carbons (Fsp3) is 0.714. The van der Waals surface area contributed by atoms with E-state index < -0.39 is 5.97 Å². The molecular formula is C14H22O4. The summed E-state index contributed by atoms with van der Waals surface area (Å²) in [6.07, 6.45) is 4.73. The van der Waals surface area contributed by atoms with Crippen molar-refractivity contribution in [1.29, 1.82) is 0 Å². The Labute approximate surface area is 108 Å². The van der Waals surface area contributed by atoms with Gasteiger partial charge in [0, 0.05) is 13.8 Å². The zero-order chi connectivity index (χ0) is 13.9. The molecule has 0 aromatic carbocycles. The third kappa shape index (κ3) is 3.34. The zero-order valence-electron chi connectivity index (χ0n) is 11.5. The lowest BCUT2D eigenvalue weighted by Gasteiger charge is -2.56. The van der Waals surface area contributed by atoms with E-state index in [4.69, 9.17) is 14.6 Å². The molecule has 4 heteroatoms. The molecule has 1 saturated carbocycles. The Kier molecular flexibility index (Phi) is 4.54. The number of allylic oxidation sites excluding steroid dienone is 1. The van der Waals surface area contributed by atoms with Gasteiger partial charge in [0.15, 0.2) is 0 Å². The molecule has 1 N–H and O–H groups in total. The standard InChI is InChI=1S/C12H18O2.C2H4O2/c1-8(13)14-7-9-4-5-10-6-11(9)12(10,2)3;1-2(3)4/h4,10-11H,5-7H2,1-3H3;1H3,(H,3,4)/t10-,11-;/m1./s1. The molecule has 0 aromatic heterocycles. The average molecular weight is 254 g/mol. The molecule has 102 valence electrons. The van der Waals surface area contributed by atoms with Gasteiger partial charge in [-0.05, 0) is 35.7 Å². The van der Waals surface area contributed by atoms with Crippen molar-refractivity contribution in [3.05, 3.63) is 11.6 Å². The number of fused-ring (bicyclic) bond motifs is 1. The van der Waals surface area contributed by atoms with Gasteiger partial charge < -0.3 is 9.84 Å². The fourth-order valence-corrected chi connectivity index (χ4v) is 2.83. The molecule has 0 amide bonds. The summed E-state index contributed by atoms with van der Waals surface area (Å²) in [4.78, 5) is 19.7. The lowest BCUT2D eigenvalue weighted by atomic mass is 9.49. The molecule has 0 unspecified atom stereocenters. The van der Waals surface area contributed by atoms with Crippen molar-refractivity contribution >= 4 is 11.9 Å². The Morgan fingerprint density at radius 3 is 2.39 bits per heavy atom. The summed E-state index contributed by atoms with van der Waals surface area (Å²) in [5.74, 6) is 0.499. The molecule has 0 aliphatic heterocycles. The molecule has 18 heavy (non-hydrogen) atoms. The molecular weight excluding hydrogens is 232 g/mol. The maximum Gasteiger partial charge on any atom is 0.302 e. The van der Waals surface area contributed by atoms with Crippen LogP contribution in [0.15, 0.2) is 11.6 Å². The molecule has 3 rings (SSSR count). The molecule has 0 spiro atoms. The molecule has 1 fully saturated rings. The molecule has 0 heterocycles. The highest BCUT2D eigenvalue weighted by molar-refractivity contribution is 5.66. The first kappa shape index (κ1) is 14.7. The third-order valence-corrected chi connectivity index (χ3v) is 4.02. The number of esters is 1. The van der Waals surface area contributed by atoms with E-state index in [0.29, 0.717) is 17.9 Å². The van der Waals surface area contributed by atoms with Gasteiger partial charge in [0.25, 0.3) is 5.97 Å². The minimum atomic E-state index is -0.833. The molecule has 0 saturated heterocycles. The molecule has 0 aromatic rings. The predicted octanol–water partition coefficient (Wildman–Crippen LogP) is 2.63. The summed E-state index contributed by atoms with van der Waals surface area (Å²) in [5.41, 5.74) is 1.78. The average Bonchev–Trinajstić information content (AvgIpc) is 2.25. The number of carbonyl (C=O) groups excluding carboxylic acids is 1. The van der Waals surface area contributed by atoms with E-state index in [0.717, 1.165) is 12.8 Å². The van der Waals surface area contributed by atoms with Gasteiger partial charge in [-0.25, -0.2) is 0 Å². The van der Waals surface area contributed by atoms with Crippen molar-refractivity contribution in [2.75, 3.05) is 6.61 Å². The second-order valence-electron chi connectivity index (χ2n) is 5.62. The maximum absolute atomic E-state index is 10.7. The third-order valence-electron chi connectivity index (χ3n) is 4.02. The van der Waals surface area contributed by atoms with E-state index in [-0.39, 0.29) is 5.97 Å². The molecule has 2 bridgehead atoms. The van der Waals surface area contributed by atoms with Crippen LogP contribution in [0.3, 0.4) is 0 Å². The Balaban J connectivity index is 0.000000357. The maximum atomic E-state index is 10.7. The van der Waals surface area contributed by atoms with Gasteiger partial charge in [-0.3, -0.25) is 9.59 Å². The number of aliphatic carboxylic acids is 1. The van der Waals surface area contributed by atoms with Crippen molar-refractivity contribution in [2.45, 2.75) is 40.5 Å². The van der Waals surface area contributed by atoms with Crippen LogP contribution in [0.5, 0.6) is 0 Å². The molecule has 0 radical (unpaired) electrons. The summed E-state index contributed by atoms with van der Waals surface area (Å²) < 4.78 is 5.06. The Bertz CT molecular complexity index is 364. The summed E-state index contributed by atoms with van der Waals surface area (Å²) in [5, 5.41) is 7.42. The minimum Gasteiger partial charge on any atom is -0.481 e. The quantitative estimate of drug-likeness (QED) is 0.607. The van der Waals surface area contributed by atoms with Crippen molar-refractivity contribution in [2.24, 2.45) is 17.3 Å². The van der Waals surface area contributed by atoms with Crippen molar-refractivity contribution in [1.82, 2.24) is 0 Å². The largest absolute Gasteiger partial charge is 0.481 e. The molecule has 3 aliphatic rings. The zero-order valence-corrected chi connectivity index (χ0v) is 11.5. The normalized spacial score (nSPS) is 27.0. The first-order chi connectivity index (χ1) is 8.25. The van der Waals surface area contributed by atoms with Crippen LogP contribution in [0, 0.1) is 17.3 Å². The highest BCUT2D eigenvalue weighted by atomic mass is 16.5. The van der Waals surface area contributed by atoms with Gasteiger partial charge in [-0.2, -0.15) is 0 Å². The Morgan fingerprint density at radius 2 is 2.00 bits per heavy atom. The van der Waals surface area contributed by atoms with Crippen LogP contribution in [0.4, 0.5) is 0 Å². The summed E-state index contributed by atoms with van der Waals surface area (Å²) in [7, 11) is 0. The highest BCUT2D eigenvalue weighted by Crippen LogP contribution is 2.59. The number of ether oxygens (including phenoxy) is 1. The van der Waals surface area contributed by atoms with Crippen LogP contribution in [0.2, 0.25) is 0 Å². The lowest BCUT2D eigenvalue weighted by Crippen LogP contribution is -2.48. The number of rotatable bonds is 2. The van der Waals surface area contributed by atoms with E-state index in [2.05, 4.69) is 19.9 Å². The Hall–Kier alpha value is -1.32. The van der Waals surface area contributed by atoms with Crippen molar-refractivity contribution in [3.63, 3.8) is 0 Å². The number of carbonyl (C=O) groups is 2. The summed E-state index contributed by atoms with van der Waals surface area (Å²) in [6.45, 7) is 7.72. The van der Waals surface area contributed by atoms with Crippen molar-refractivity contribution in [3.8, 4) is 0 Å². The lowest BCUT2D eigenvalue weighted by molar-refractivity contribution is -0.141. The smallest absolute Gasteiger partial charge is 0.302 e. The van der Waals surface area contributed by atoms with E-state index >= 15 is 0 Å². The van der Waals surface area contributed by atoms with Gasteiger partial charge in [0.2, 0.25) is 0 Å². The number of carboxylic acids is 1. The van der Waals surface area contributed by atoms with Crippen LogP contribution >= 0.6 is 0 Å². The molecule has 4 nitrogen and oxygen atoms in total. The number of hydrogen-bond acceptors (Lipinski definition) is 3. The van der Waals surface area contributed by atoms with E-state index in [1.165, 1.54) is 25.3 Å². The van der Waals surface area contributed by atoms with Gasteiger partial charge in [-0.15, -0.1) is 0 Å². The summed E-state index contributed by atoms with van der Waals surface area (Å²) >= 11 is 0. The SMILES string of the molecule is CC(=O)O.CC(=O)OCC1=CC[C@@H]2C[C@H]1C2(C)C. The van der Waals surface area contributed by atoms with Crippen LogP contribution in [0.25, 0.3) is 0 Å². The van der Waals surface area contributed by atoms with Gasteiger partial charge in [0.1, 0.15) is 6.61 Å². The van der Waals surface area contributed by atoms with E-state index in [9.17, 15) is 4.79 Å². The topological polar surface area (TPSA) is 63.6 Å². The fourth-order valence-electron chi connectivity index (χ4n) is 2.83. The van der Waals surface area contributed by atoms with Gasteiger partial charge >= 0.3 is 5.97 Å². The van der Waals surface area contributed by atoms with E-state index in [1.807, 2.05) is 0 Å². The number of hydrogen-bond donors (Lipinski definition) is 1. The van der Waals surface area contributed by atoms with Crippen LogP contribution in [-0.2, 0) is 14.3 Å². The van der Waals surface area contributed by atoms with Crippen LogP contribution in [0.1, 0.15) is 40.5 Å². The number of carboxylic acid groups (broad SMARTS) is 1. The minimum absolute atomic E-state index is 0.176. The predicted molar refractivity (Wildman–Crippen MR) is 68.0 cm³/mol. The molecule has 3 aliphatic carbocycles. The second kappa shape index (κ2) is 5.55. The highest BCUT2D eigenvalue weighted by Gasteiger charge is 2.51. The van der Waals surface area contributed by atoms with Gasteiger partial charge in [-0.1, -0.05) is 19.9 Å². The first-order valence-electron chi connectivity index (χ1n) is 6.27. The van der Waals surface area contributed by atoms with Gasteiger partial charge in [0.05, 0.1) is 0 Å². The summed E-state index contributed by atoms with van der Waals surface area (Å²) in [6, 6.07) is 0. The second-order valence-corrected chi connectivity index (χ2v) is 5.62. The van der Waals surface area contributed by atoms with Crippen LogP contribution in [-0.4, -0.2) is 23.7 Å². The van der Waals surface area contributed by atoms with E-state index in [1.54, 1.807) is 0 Å². The molecule has 2 atom stereocenters. The monoisotopic (exact) mass is 254 g/mol.